The van der Waals surface area contributed by atoms with Crippen molar-refractivity contribution in [3.63, 3.8) is 0 Å². The molecule has 0 N–H and O–H groups in total. The number of ether oxygens (including phenoxy) is 2. The molecule has 1 rings (SSSR count). The Kier molecular flexibility index (Phi) is 6.20. The molecule has 6 heteroatoms. The third-order valence-electron chi connectivity index (χ3n) is 3.68. The third-order valence-corrected chi connectivity index (χ3v) is 3.68. The molecule has 1 saturated heterocycles. The SMILES string of the molecule is COC(=O)C(N1C(=O)CC[C@@H]1/C=C/C(=O)OC(C)(C)C)C(C)(C)C. The van der Waals surface area contributed by atoms with Crippen LogP contribution < -0.4 is 0 Å². The molecule has 0 aliphatic carbocycles. The third kappa shape index (κ3) is 5.35. The lowest BCUT2D eigenvalue weighted by molar-refractivity contribution is -0.157. The molecule has 1 fully saturated rings. The molecule has 6 nitrogen and oxygen atoms in total. The summed E-state index contributed by atoms with van der Waals surface area (Å²) >= 11 is 0. The van der Waals surface area contributed by atoms with Crippen LogP contribution in [0.2, 0.25) is 0 Å². The van der Waals surface area contributed by atoms with Crippen LogP contribution in [0.15, 0.2) is 12.2 Å². The maximum Gasteiger partial charge on any atom is 0.331 e. The number of likely N-dealkylation sites (tertiary alicyclic amines) is 1. The second-order valence-corrected chi connectivity index (χ2v) is 8.09. The van der Waals surface area contributed by atoms with Crippen LogP contribution in [0.5, 0.6) is 0 Å². The van der Waals surface area contributed by atoms with Gasteiger partial charge in [0.1, 0.15) is 11.6 Å². The molecule has 1 amide bonds. The van der Waals surface area contributed by atoms with Gasteiger partial charge < -0.3 is 14.4 Å². The Bertz CT molecular complexity index is 525. The first-order chi connectivity index (χ1) is 10.9. The zero-order chi connectivity index (χ0) is 18.7. The average Bonchev–Trinajstić information content (AvgIpc) is 2.74. The lowest BCUT2D eigenvalue weighted by Gasteiger charge is -2.38. The van der Waals surface area contributed by atoms with Crippen molar-refractivity contribution in [1.29, 1.82) is 0 Å². The van der Waals surface area contributed by atoms with E-state index in [1.165, 1.54) is 18.1 Å². The van der Waals surface area contributed by atoms with Crippen molar-refractivity contribution in [2.24, 2.45) is 5.41 Å². The normalized spacial score (nSPS) is 20.4. The number of hydrogen-bond donors (Lipinski definition) is 0. The molecule has 1 aliphatic heterocycles. The molecule has 1 aliphatic rings. The van der Waals surface area contributed by atoms with Crippen LogP contribution in [0, 0.1) is 5.41 Å². The fourth-order valence-corrected chi connectivity index (χ4v) is 2.77. The Morgan fingerprint density at radius 3 is 2.25 bits per heavy atom. The van der Waals surface area contributed by atoms with Crippen molar-refractivity contribution in [2.75, 3.05) is 7.11 Å². The monoisotopic (exact) mass is 339 g/mol. The van der Waals surface area contributed by atoms with Crippen molar-refractivity contribution < 1.29 is 23.9 Å². The molecular formula is C18H29NO5. The van der Waals surface area contributed by atoms with Crippen LogP contribution in [-0.4, -0.2) is 47.5 Å². The lowest BCUT2D eigenvalue weighted by atomic mass is 9.85. The Morgan fingerprint density at radius 1 is 1.21 bits per heavy atom. The summed E-state index contributed by atoms with van der Waals surface area (Å²) < 4.78 is 10.1. The van der Waals surface area contributed by atoms with E-state index in [9.17, 15) is 14.4 Å². The number of carbonyl (C=O) groups excluding carboxylic acids is 3. The predicted molar refractivity (Wildman–Crippen MR) is 90.1 cm³/mol. The van der Waals surface area contributed by atoms with Gasteiger partial charge in [-0.1, -0.05) is 26.8 Å². The van der Waals surface area contributed by atoms with E-state index in [2.05, 4.69) is 0 Å². The van der Waals surface area contributed by atoms with E-state index in [0.29, 0.717) is 12.8 Å². The zero-order valence-corrected chi connectivity index (χ0v) is 15.7. The van der Waals surface area contributed by atoms with Gasteiger partial charge in [0.2, 0.25) is 5.91 Å². The van der Waals surface area contributed by atoms with Gasteiger partial charge in [-0.2, -0.15) is 0 Å². The summed E-state index contributed by atoms with van der Waals surface area (Å²) in [4.78, 5) is 38.0. The van der Waals surface area contributed by atoms with Gasteiger partial charge in [-0.3, -0.25) is 4.79 Å². The van der Waals surface area contributed by atoms with Crippen LogP contribution in [-0.2, 0) is 23.9 Å². The first kappa shape index (κ1) is 20.2. The molecule has 0 bridgehead atoms. The average molecular weight is 339 g/mol. The highest BCUT2D eigenvalue weighted by Crippen LogP contribution is 2.32. The highest BCUT2D eigenvalue weighted by molar-refractivity contribution is 5.88. The summed E-state index contributed by atoms with van der Waals surface area (Å²) in [6.07, 6.45) is 3.87. The van der Waals surface area contributed by atoms with Crippen molar-refractivity contribution in [2.45, 2.75) is 72.1 Å². The van der Waals surface area contributed by atoms with E-state index in [-0.39, 0.29) is 11.9 Å². The van der Waals surface area contributed by atoms with Crippen molar-refractivity contribution >= 4 is 17.8 Å². The molecule has 2 atom stereocenters. The minimum Gasteiger partial charge on any atom is -0.467 e. The second-order valence-electron chi connectivity index (χ2n) is 8.09. The van der Waals surface area contributed by atoms with Crippen molar-refractivity contribution in [1.82, 2.24) is 4.90 Å². The molecule has 0 radical (unpaired) electrons. The van der Waals surface area contributed by atoms with Crippen LogP contribution in [0.3, 0.4) is 0 Å². The summed E-state index contributed by atoms with van der Waals surface area (Å²) in [6.45, 7) is 11.0. The molecule has 0 aromatic heterocycles. The largest absolute Gasteiger partial charge is 0.467 e. The fourth-order valence-electron chi connectivity index (χ4n) is 2.77. The molecule has 1 unspecified atom stereocenters. The van der Waals surface area contributed by atoms with E-state index in [4.69, 9.17) is 9.47 Å². The van der Waals surface area contributed by atoms with Gasteiger partial charge in [0.15, 0.2) is 0 Å². The van der Waals surface area contributed by atoms with Crippen LogP contribution in [0.1, 0.15) is 54.4 Å². The van der Waals surface area contributed by atoms with E-state index in [1.54, 1.807) is 26.8 Å². The van der Waals surface area contributed by atoms with Gasteiger partial charge in [0, 0.05) is 12.5 Å². The number of esters is 2. The van der Waals surface area contributed by atoms with Crippen LogP contribution >= 0.6 is 0 Å². The summed E-state index contributed by atoms with van der Waals surface area (Å²) in [7, 11) is 1.31. The Hall–Kier alpha value is -1.85. The minimum absolute atomic E-state index is 0.112. The van der Waals surface area contributed by atoms with Gasteiger partial charge in [-0.15, -0.1) is 0 Å². The van der Waals surface area contributed by atoms with Crippen molar-refractivity contribution in [3.8, 4) is 0 Å². The smallest absolute Gasteiger partial charge is 0.331 e. The topological polar surface area (TPSA) is 72.9 Å². The van der Waals surface area contributed by atoms with Crippen molar-refractivity contribution in [3.05, 3.63) is 12.2 Å². The highest BCUT2D eigenvalue weighted by atomic mass is 16.6. The number of hydrogen-bond acceptors (Lipinski definition) is 5. The number of carbonyl (C=O) groups is 3. The fraction of sp³-hybridized carbons (Fsp3) is 0.722. The lowest BCUT2D eigenvalue weighted by Crippen LogP contribution is -2.53. The molecule has 0 aromatic rings. The van der Waals surface area contributed by atoms with E-state index < -0.39 is 29.0 Å². The summed E-state index contributed by atoms with van der Waals surface area (Å²) in [6, 6.07) is -1.03. The van der Waals surface area contributed by atoms with Crippen LogP contribution in [0.25, 0.3) is 0 Å². The Labute approximate surface area is 144 Å². The maximum absolute atomic E-state index is 12.3. The van der Waals surface area contributed by atoms with Gasteiger partial charge in [-0.05, 0) is 32.6 Å². The molecular weight excluding hydrogens is 310 g/mol. The molecule has 0 spiro atoms. The molecule has 1 heterocycles. The molecule has 0 saturated carbocycles. The second kappa shape index (κ2) is 7.36. The minimum atomic E-state index is -0.703. The maximum atomic E-state index is 12.3. The zero-order valence-electron chi connectivity index (χ0n) is 15.7. The standard InChI is InChI=1S/C18H29NO5/c1-17(2,3)15(16(22)23-7)19-12(8-10-13(19)20)9-11-14(21)24-18(4,5)6/h9,11-12,15H,8,10H2,1-7H3/b11-9+/t12-,15?/m1/s1. The summed E-state index contributed by atoms with van der Waals surface area (Å²) in [5.74, 6) is -1.03. The number of methoxy groups -OCH3 is 1. The van der Waals surface area contributed by atoms with Crippen LogP contribution in [0.4, 0.5) is 0 Å². The molecule has 0 aromatic carbocycles. The first-order valence-corrected chi connectivity index (χ1v) is 8.17. The van der Waals surface area contributed by atoms with Gasteiger partial charge in [0.05, 0.1) is 13.2 Å². The molecule has 136 valence electrons. The first-order valence-electron chi connectivity index (χ1n) is 8.17. The number of rotatable bonds is 4. The predicted octanol–water partition coefficient (Wildman–Crippen LogP) is 2.46. The number of amides is 1. The summed E-state index contributed by atoms with van der Waals surface area (Å²) in [5, 5.41) is 0. The van der Waals surface area contributed by atoms with Gasteiger partial charge in [0.25, 0.3) is 0 Å². The van der Waals surface area contributed by atoms with E-state index in [0.717, 1.165) is 0 Å². The number of nitrogens with zero attached hydrogens (tertiary/aromatic N) is 1. The summed E-state index contributed by atoms with van der Waals surface area (Å²) in [5.41, 5.74) is -1.06. The van der Waals surface area contributed by atoms with Gasteiger partial charge in [-0.25, -0.2) is 9.59 Å². The Morgan fingerprint density at radius 2 is 1.79 bits per heavy atom. The highest BCUT2D eigenvalue weighted by Gasteiger charge is 2.45. The molecule has 24 heavy (non-hydrogen) atoms. The Balaban J connectivity index is 3.01. The van der Waals surface area contributed by atoms with E-state index >= 15 is 0 Å². The van der Waals surface area contributed by atoms with Gasteiger partial charge >= 0.3 is 11.9 Å². The van der Waals surface area contributed by atoms with E-state index in [1.807, 2.05) is 20.8 Å². The quantitative estimate of drug-likeness (QED) is 0.581.